The minimum atomic E-state index is 0. The van der Waals surface area contributed by atoms with Crippen LogP contribution >= 0.6 is 35.7 Å². The molecule has 1 heterocycles. The number of ether oxygens (including phenoxy) is 2. The van der Waals surface area contributed by atoms with Crippen molar-refractivity contribution >= 4 is 41.7 Å². The summed E-state index contributed by atoms with van der Waals surface area (Å²) < 4.78 is 11.6. The van der Waals surface area contributed by atoms with Crippen LogP contribution in [0.4, 0.5) is 0 Å². The topological polar surface area (TPSA) is 54.9 Å². The van der Waals surface area contributed by atoms with Crippen molar-refractivity contribution in [3.05, 3.63) is 35.4 Å². The van der Waals surface area contributed by atoms with E-state index in [0.717, 1.165) is 45.1 Å². The van der Waals surface area contributed by atoms with Gasteiger partial charge in [-0.05, 0) is 51.0 Å². The molecule has 160 valence electrons. The Kier molecular flexibility index (Phi) is 12.5. The van der Waals surface area contributed by atoms with Crippen LogP contribution in [-0.2, 0) is 22.6 Å². The second-order valence-electron chi connectivity index (χ2n) is 7.46. The van der Waals surface area contributed by atoms with E-state index in [2.05, 4.69) is 61.9 Å². The number of nitrogens with zero attached hydrogens (tertiary/aromatic N) is 1. The molecule has 1 saturated heterocycles. The maximum Gasteiger partial charge on any atom is 0.191 e. The molecule has 0 unspecified atom stereocenters. The van der Waals surface area contributed by atoms with E-state index in [1.165, 1.54) is 11.1 Å². The lowest BCUT2D eigenvalue weighted by Gasteiger charge is -2.23. The van der Waals surface area contributed by atoms with E-state index in [0.29, 0.717) is 19.3 Å². The van der Waals surface area contributed by atoms with Gasteiger partial charge in [0.15, 0.2) is 5.96 Å². The van der Waals surface area contributed by atoms with Gasteiger partial charge in [-0.15, -0.1) is 24.0 Å². The van der Waals surface area contributed by atoms with Gasteiger partial charge in [-0.2, -0.15) is 11.8 Å². The van der Waals surface area contributed by atoms with Gasteiger partial charge in [0, 0.05) is 31.1 Å². The predicted molar refractivity (Wildman–Crippen MR) is 131 cm³/mol. The number of aliphatic imine (C=N–C) groups is 1. The fourth-order valence-electron chi connectivity index (χ4n) is 2.76. The van der Waals surface area contributed by atoms with E-state index in [9.17, 15) is 0 Å². The molecule has 0 saturated carbocycles. The molecule has 0 bridgehead atoms. The minimum Gasteiger partial charge on any atom is -0.381 e. The zero-order chi connectivity index (χ0) is 19.5. The zero-order valence-corrected chi connectivity index (χ0v) is 20.8. The quantitative estimate of drug-likeness (QED) is 0.290. The lowest BCUT2D eigenvalue weighted by atomic mass is 10.1. The highest BCUT2D eigenvalue weighted by Crippen LogP contribution is 2.19. The van der Waals surface area contributed by atoms with Crippen LogP contribution in [0.3, 0.4) is 0 Å². The van der Waals surface area contributed by atoms with Gasteiger partial charge in [-0.1, -0.05) is 24.3 Å². The maximum atomic E-state index is 6.03. The first-order chi connectivity index (χ1) is 13.0. The molecule has 7 heteroatoms. The molecular formula is C21H36IN3O2S. The number of hydrogen-bond donors (Lipinski definition) is 2. The molecule has 1 aromatic rings. The smallest absolute Gasteiger partial charge is 0.191 e. The van der Waals surface area contributed by atoms with Crippen LogP contribution in [0, 0.1) is 0 Å². The molecule has 28 heavy (non-hydrogen) atoms. The van der Waals surface area contributed by atoms with E-state index >= 15 is 0 Å². The molecule has 2 N–H and O–H groups in total. The normalized spacial score (nSPS) is 15.8. The van der Waals surface area contributed by atoms with Gasteiger partial charge >= 0.3 is 0 Å². The van der Waals surface area contributed by atoms with Gasteiger partial charge in [-0.25, -0.2) is 4.99 Å². The summed E-state index contributed by atoms with van der Waals surface area (Å²) in [6, 6.07) is 8.52. The first-order valence-electron chi connectivity index (χ1n) is 9.87. The number of rotatable bonds is 9. The van der Waals surface area contributed by atoms with Crippen LogP contribution in [0.25, 0.3) is 0 Å². The van der Waals surface area contributed by atoms with Crippen molar-refractivity contribution in [3.63, 3.8) is 0 Å². The van der Waals surface area contributed by atoms with Crippen molar-refractivity contribution in [2.75, 3.05) is 32.6 Å². The number of thioether (sulfide) groups is 1. The van der Waals surface area contributed by atoms with Crippen molar-refractivity contribution in [1.82, 2.24) is 10.6 Å². The Morgan fingerprint density at radius 2 is 1.96 bits per heavy atom. The van der Waals surface area contributed by atoms with Gasteiger partial charge in [0.2, 0.25) is 0 Å². The molecule has 0 amide bonds. The number of nitrogens with one attached hydrogen (secondary N) is 2. The second-order valence-corrected chi connectivity index (χ2v) is 8.97. The molecule has 1 fully saturated rings. The van der Waals surface area contributed by atoms with Gasteiger partial charge in [0.1, 0.15) is 0 Å². The monoisotopic (exact) mass is 521 g/mol. The number of hydrogen-bond acceptors (Lipinski definition) is 4. The Labute approximate surface area is 191 Å². The third-order valence-corrected chi connectivity index (χ3v) is 5.89. The van der Waals surface area contributed by atoms with Crippen LogP contribution in [0.15, 0.2) is 29.3 Å². The summed E-state index contributed by atoms with van der Waals surface area (Å²) in [6.45, 7) is 11.2. The molecule has 0 atom stereocenters. The molecule has 1 aromatic carbocycles. The summed E-state index contributed by atoms with van der Waals surface area (Å²) in [7, 11) is 0. The SMILES string of the molecule is CCNC(=NCc1cccc(COC2CCOCC2)c1)NCC(C)(C)SC.I. The van der Waals surface area contributed by atoms with Crippen molar-refractivity contribution in [2.45, 2.75) is 57.6 Å². The second kappa shape index (κ2) is 13.7. The van der Waals surface area contributed by atoms with Crippen molar-refractivity contribution in [3.8, 4) is 0 Å². The number of guanidine groups is 1. The molecule has 0 spiro atoms. The zero-order valence-electron chi connectivity index (χ0n) is 17.6. The van der Waals surface area contributed by atoms with Crippen LogP contribution in [0.1, 0.15) is 44.7 Å². The van der Waals surface area contributed by atoms with E-state index in [4.69, 9.17) is 14.5 Å². The summed E-state index contributed by atoms with van der Waals surface area (Å²) in [4.78, 5) is 4.74. The van der Waals surface area contributed by atoms with Gasteiger partial charge in [0.25, 0.3) is 0 Å². The maximum absolute atomic E-state index is 6.03. The average molecular weight is 522 g/mol. The predicted octanol–water partition coefficient (Wildman–Crippen LogP) is 4.20. The molecule has 5 nitrogen and oxygen atoms in total. The number of benzene rings is 1. The van der Waals surface area contributed by atoms with E-state index in [-0.39, 0.29) is 28.7 Å². The average Bonchev–Trinajstić information content (AvgIpc) is 2.70. The molecule has 1 aliphatic rings. The molecule has 0 aliphatic carbocycles. The minimum absolute atomic E-state index is 0. The largest absolute Gasteiger partial charge is 0.381 e. The number of halogens is 1. The highest BCUT2D eigenvalue weighted by Gasteiger charge is 2.16. The Balaban J connectivity index is 0.00000392. The summed E-state index contributed by atoms with van der Waals surface area (Å²) in [6.07, 6.45) is 4.45. The summed E-state index contributed by atoms with van der Waals surface area (Å²) in [5, 5.41) is 6.77. The highest BCUT2D eigenvalue weighted by molar-refractivity contribution is 14.0. The summed E-state index contributed by atoms with van der Waals surface area (Å²) >= 11 is 1.85. The third kappa shape index (κ3) is 9.80. The highest BCUT2D eigenvalue weighted by atomic mass is 127. The fourth-order valence-corrected chi connectivity index (χ4v) is 2.97. The van der Waals surface area contributed by atoms with Crippen molar-refractivity contribution in [1.29, 1.82) is 0 Å². The van der Waals surface area contributed by atoms with Crippen LogP contribution in [0.5, 0.6) is 0 Å². The molecular weight excluding hydrogens is 485 g/mol. The van der Waals surface area contributed by atoms with Gasteiger partial charge < -0.3 is 20.1 Å². The molecule has 0 aromatic heterocycles. The van der Waals surface area contributed by atoms with E-state index < -0.39 is 0 Å². The van der Waals surface area contributed by atoms with Crippen LogP contribution < -0.4 is 10.6 Å². The fraction of sp³-hybridized carbons (Fsp3) is 0.667. The van der Waals surface area contributed by atoms with E-state index in [1.807, 2.05) is 11.8 Å². The summed E-state index contributed by atoms with van der Waals surface area (Å²) in [5.74, 6) is 0.864. The Hall–Kier alpha value is -0.510. The van der Waals surface area contributed by atoms with Crippen molar-refractivity contribution in [2.24, 2.45) is 4.99 Å². The lowest BCUT2D eigenvalue weighted by Crippen LogP contribution is -2.43. The first-order valence-corrected chi connectivity index (χ1v) is 11.1. The van der Waals surface area contributed by atoms with Crippen molar-refractivity contribution < 1.29 is 9.47 Å². The van der Waals surface area contributed by atoms with Crippen LogP contribution in [-0.4, -0.2) is 49.4 Å². The lowest BCUT2D eigenvalue weighted by molar-refractivity contribution is -0.0390. The van der Waals surface area contributed by atoms with E-state index in [1.54, 1.807) is 0 Å². The Morgan fingerprint density at radius 3 is 2.64 bits per heavy atom. The molecule has 2 rings (SSSR count). The Bertz CT molecular complexity index is 593. The van der Waals surface area contributed by atoms with Gasteiger partial charge in [-0.3, -0.25) is 0 Å². The van der Waals surface area contributed by atoms with Gasteiger partial charge in [0.05, 0.1) is 19.3 Å². The van der Waals surface area contributed by atoms with Crippen LogP contribution in [0.2, 0.25) is 0 Å². The molecule has 1 aliphatic heterocycles. The summed E-state index contributed by atoms with van der Waals surface area (Å²) in [5.41, 5.74) is 2.40. The Morgan fingerprint density at radius 1 is 1.25 bits per heavy atom. The standard InChI is InChI=1S/C21H35N3O2S.HI/c1-5-22-20(24-16-21(2,3)27-4)23-14-17-7-6-8-18(13-17)15-26-19-9-11-25-12-10-19;/h6-8,13,19H,5,9-12,14-16H2,1-4H3,(H2,22,23,24);1H. The first kappa shape index (κ1) is 25.5. The molecule has 0 radical (unpaired) electrons. The third-order valence-electron chi connectivity index (χ3n) is 4.64.